The van der Waals surface area contributed by atoms with Crippen molar-refractivity contribution in [3.63, 3.8) is 0 Å². The molecule has 2 rings (SSSR count). The van der Waals surface area contributed by atoms with Crippen LogP contribution in [0.1, 0.15) is 63.9 Å². The molecule has 24 heavy (non-hydrogen) atoms. The second-order valence-corrected chi connectivity index (χ2v) is 6.59. The van der Waals surface area contributed by atoms with Crippen LogP contribution in [-0.2, 0) is 9.59 Å². The Labute approximate surface area is 144 Å². The summed E-state index contributed by atoms with van der Waals surface area (Å²) in [4.78, 5) is 23.7. The molecule has 0 radical (unpaired) electrons. The smallest absolute Gasteiger partial charge is 0.276 e. The summed E-state index contributed by atoms with van der Waals surface area (Å²) in [6, 6.07) is 7.75. The largest absolute Gasteiger partial charge is 0.483 e. The number of hydrogen-bond acceptors (Lipinski definition) is 3. The van der Waals surface area contributed by atoms with Gasteiger partial charge in [0.05, 0.1) is 0 Å². The molecule has 132 valence electrons. The van der Waals surface area contributed by atoms with Crippen molar-refractivity contribution in [1.29, 1.82) is 0 Å². The molecule has 5 nitrogen and oxygen atoms in total. The quantitative estimate of drug-likeness (QED) is 0.753. The lowest BCUT2D eigenvalue weighted by Crippen LogP contribution is -2.44. The zero-order valence-corrected chi connectivity index (χ0v) is 14.6. The number of amides is 2. The van der Waals surface area contributed by atoms with Gasteiger partial charge in [0.25, 0.3) is 5.91 Å². The van der Waals surface area contributed by atoms with Gasteiger partial charge in [0.1, 0.15) is 5.75 Å². The average molecular weight is 332 g/mol. The number of rotatable bonds is 7. The van der Waals surface area contributed by atoms with E-state index in [9.17, 15) is 9.59 Å². The summed E-state index contributed by atoms with van der Waals surface area (Å²) in [6.07, 6.45) is 6.11. The van der Waals surface area contributed by atoms with Crippen LogP contribution in [0.4, 0.5) is 0 Å². The minimum absolute atomic E-state index is 0.114. The van der Waals surface area contributed by atoms with E-state index in [1.54, 1.807) is 0 Å². The van der Waals surface area contributed by atoms with Gasteiger partial charge in [-0.3, -0.25) is 20.4 Å². The van der Waals surface area contributed by atoms with Gasteiger partial charge in [-0.25, -0.2) is 0 Å². The van der Waals surface area contributed by atoms with E-state index in [1.807, 2.05) is 24.3 Å². The first-order valence-electron chi connectivity index (χ1n) is 8.89. The van der Waals surface area contributed by atoms with Gasteiger partial charge in [0.2, 0.25) is 5.91 Å². The minimum atomic E-state index is -0.353. The third-order valence-electron chi connectivity index (χ3n) is 4.71. The van der Waals surface area contributed by atoms with Crippen LogP contribution in [0.25, 0.3) is 0 Å². The zero-order valence-electron chi connectivity index (χ0n) is 14.6. The maximum atomic E-state index is 11.9. The SMILES string of the molecule is CCC(C)c1ccccc1OCC(=O)NNC(=O)CC1CCCC1. The Hall–Kier alpha value is -2.04. The molecule has 0 heterocycles. The summed E-state index contributed by atoms with van der Waals surface area (Å²) < 4.78 is 5.62. The number of carbonyl (C=O) groups is 2. The molecule has 2 amide bonds. The van der Waals surface area contributed by atoms with E-state index in [1.165, 1.54) is 12.8 Å². The molecule has 0 bridgehead atoms. The van der Waals surface area contributed by atoms with Gasteiger partial charge in [-0.05, 0) is 42.7 Å². The van der Waals surface area contributed by atoms with Crippen molar-refractivity contribution in [3.8, 4) is 5.75 Å². The number of ether oxygens (including phenoxy) is 1. The maximum absolute atomic E-state index is 11.9. The summed E-state index contributed by atoms with van der Waals surface area (Å²) in [5, 5.41) is 0. The Bertz CT molecular complexity index is 553. The third-order valence-corrected chi connectivity index (χ3v) is 4.71. The van der Waals surface area contributed by atoms with Crippen molar-refractivity contribution in [1.82, 2.24) is 10.9 Å². The van der Waals surface area contributed by atoms with Crippen molar-refractivity contribution in [3.05, 3.63) is 29.8 Å². The number of hydrazine groups is 1. The molecule has 2 N–H and O–H groups in total. The van der Waals surface area contributed by atoms with Gasteiger partial charge in [0.15, 0.2) is 6.61 Å². The Balaban J connectivity index is 1.74. The second-order valence-electron chi connectivity index (χ2n) is 6.59. The average Bonchev–Trinajstić information content (AvgIpc) is 3.10. The molecule has 1 fully saturated rings. The van der Waals surface area contributed by atoms with Crippen molar-refractivity contribution in [2.24, 2.45) is 5.92 Å². The van der Waals surface area contributed by atoms with Gasteiger partial charge in [0, 0.05) is 6.42 Å². The topological polar surface area (TPSA) is 67.4 Å². The molecule has 1 aromatic rings. The van der Waals surface area contributed by atoms with Crippen LogP contribution in [0.3, 0.4) is 0 Å². The lowest BCUT2D eigenvalue weighted by molar-refractivity contribution is -0.130. The molecule has 1 aromatic carbocycles. The number of hydrogen-bond donors (Lipinski definition) is 2. The van der Waals surface area contributed by atoms with Crippen LogP contribution >= 0.6 is 0 Å². The fraction of sp³-hybridized carbons (Fsp3) is 0.579. The normalized spacial score (nSPS) is 15.8. The number of carbonyl (C=O) groups excluding carboxylic acids is 2. The first-order valence-corrected chi connectivity index (χ1v) is 8.89. The second kappa shape index (κ2) is 9.30. The summed E-state index contributed by atoms with van der Waals surface area (Å²) in [5.74, 6) is 1.07. The third kappa shape index (κ3) is 5.55. The van der Waals surface area contributed by atoms with Crippen molar-refractivity contribution >= 4 is 11.8 Å². The lowest BCUT2D eigenvalue weighted by Gasteiger charge is -2.16. The summed E-state index contributed by atoms with van der Waals surface area (Å²) in [5.41, 5.74) is 6.00. The van der Waals surface area contributed by atoms with Crippen LogP contribution in [0.5, 0.6) is 5.75 Å². The zero-order chi connectivity index (χ0) is 17.4. The van der Waals surface area contributed by atoms with E-state index < -0.39 is 0 Å². The molecule has 0 aromatic heterocycles. The Morgan fingerprint density at radius 3 is 2.54 bits per heavy atom. The fourth-order valence-corrected chi connectivity index (χ4v) is 3.09. The monoisotopic (exact) mass is 332 g/mol. The molecular formula is C19H28N2O3. The van der Waals surface area contributed by atoms with Crippen molar-refractivity contribution in [2.75, 3.05) is 6.61 Å². The molecule has 5 heteroatoms. The van der Waals surface area contributed by atoms with E-state index in [0.29, 0.717) is 18.3 Å². The van der Waals surface area contributed by atoms with Crippen LogP contribution < -0.4 is 15.6 Å². The molecule has 1 atom stereocenters. The fourth-order valence-electron chi connectivity index (χ4n) is 3.09. The lowest BCUT2D eigenvalue weighted by atomic mass is 9.98. The number of benzene rings is 1. The summed E-state index contributed by atoms with van der Waals surface area (Å²) in [6.45, 7) is 4.14. The molecule has 1 aliphatic rings. The Morgan fingerprint density at radius 1 is 1.17 bits per heavy atom. The van der Waals surface area contributed by atoms with Crippen LogP contribution in [0.2, 0.25) is 0 Å². The first-order chi connectivity index (χ1) is 11.6. The van der Waals surface area contributed by atoms with E-state index in [4.69, 9.17) is 4.74 Å². The molecule has 0 spiro atoms. The van der Waals surface area contributed by atoms with E-state index in [-0.39, 0.29) is 18.4 Å². The van der Waals surface area contributed by atoms with E-state index in [2.05, 4.69) is 24.7 Å². The highest BCUT2D eigenvalue weighted by molar-refractivity contribution is 5.82. The highest BCUT2D eigenvalue weighted by atomic mass is 16.5. The summed E-state index contributed by atoms with van der Waals surface area (Å²) in [7, 11) is 0. The van der Waals surface area contributed by atoms with Gasteiger partial charge in [-0.2, -0.15) is 0 Å². The standard InChI is InChI=1S/C19H28N2O3/c1-3-14(2)16-10-6-7-11-17(16)24-13-19(23)21-20-18(22)12-15-8-4-5-9-15/h6-7,10-11,14-15H,3-5,8-9,12-13H2,1-2H3,(H,20,22)(H,21,23). The van der Waals surface area contributed by atoms with Gasteiger partial charge in [-0.1, -0.05) is 44.9 Å². The summed E-state index contributed by atoms with van der Waals surface area (Å²) >= 11 is 0. The molecule has 1 saturated carbocycles. The van der Waals surface area contributed by atoms with Crippen LogP contribution in [0.15, 0.2) is 24.3 Å². The predicted molar refractivity (Wildman–Crippen MR) is 93.5 cm³/mol. The molecular weight excluding hydrogens is 304 g/mol. The first kappa shape index (κ1) is 18.3. The molecule has 1 aliphatic carbocycles. The van der Waals surface area contributed by atoms with Crippen molar-refractivity contribution in [2.45, 2.75) is 58.3 Å². The van der Waals surface area contributed by atoms with E-state index in [0.717, 1.165) is 30.6 Å². The number of para-hydroxylation sites is 1. The van der Waals surface area contributed by atoms with Gasteiger partial charge >= 0.3 is 0 Å². The number of nitrogens with one attached hydrogen (secondary N) is 2. The molecule has 0 saturated heterocycles. The van der Waals surface area contributed by atoms with Gasteiger partial charge in [-0.15, -0.1) is 0 Å². The van der Waals surface area contributed by atoms with Gasteiger partial charge < -0.3 is 4.74 Å². The van der Waals surface area contributed by atoms with Crippen molar-refractivity contribution < 1.29 is 14.3 Å². The highest BCUT2D eigenvalue weighted by Crippen LogP contribution is 2.28. The van der Waals surface area contributed by atoms with Crippen LogP contribution in [0, 0.1) is 5.92 Å². The Kier molecular flexibility index (Phi) is 7.09. The molecule has 1 unspecified atom stereocenters. The molecule has 0 aliphatic heterocycles. The highest BCUT2D eigenvalue weighted by Gasteiger charge is 2.18. The maximum Gasteiger partial charge on any atom is 0.276 e. The predicted octanol–water partition coefficient (Wildman–Crippen LogP) is 3.31. The minimum Gasteiger partial charge on any atom is -0.483 e. The Morgan fingerprint density at radius 2 is 1.83 bits per heavy atom. The van der Waals surface area contributed by atoms with Crippen LogP contribution in [-0.4, -0.2) is 18.4 Å². The van der Waals surface area contributed by atoms with E-state index >= 15 is 0 Å².